The molecule has 0 saturated heterocycles. The van der Waals surface area contributed by atoms with E-state index in [9.17, 15) is 4.79 Å². The molecule has 0 unspecified atom stereocenters. The smallest absolute Gasteiger partial charge is 0.265 e. The number of thioether (sulfide) groups is 1. The van der Waals surface area contributed by atoms with Gasteiger partial charge in [-0.25, -0.2) is 5.84 Å². The van der Waals surface area contributed by atoms with Crippen LogP contribution in [0.4, 0.5) is 0 Å². The second kappa shape index (κ2) is 6.93. The van der Waals surface area contributed by atoms with Crippen molar-refractivity contribution in [2.24, 2.45) is 5.84 Å². The molecule has 1 aromatic carbocycles. The fourth-order valence-electron chi connectivity index (χ4n) is 1.22. The molecule has 0 heterocycles. The van der Waals surface area contributed by atoms with Crippen LogP contribution in [0, 0.1) is 0 Å². The topological polar surface area (TPSA) is 55.1 Å². The number of carbonyl (C=O) groups excluding carboxylic acids is 1. The number of nitrogens with two attached hydrogens (primary N) is 1. The molecular formula is C11H15BrN2OS. The zero-order valence-corrected chi connectivity index (χ0v) is 11.5. The Morgan fingerprint density at radius 2 is 2.31 bits per heavy atom. The van der Waals surface area contributed by atoms with E-state index < -0.39 is 0 Å². The van der Waals surface area contributed by atoms with Crippen molar-refractivity contribution in [1.29, 1.82) is 0 Å². The first-order chi connectivity index (χ1) is 7.69. The van der Waals surface area contributed by atoms with Gasteiger partial charge in [-0.2, -0.15) is 11.8 Å². The lowest BCUT2D eigenvalue weighted by molar-refractivity contribution is 0.0953. The van der Waals surface area contributed by atoms with Crippen molar-refractivity contribution in [3.05, 3.63) is 33.8 Å². The Kier molecular flexibility index (Phi) is 5.87. The molecule has 0 fully saturated rings. The number of halogens is 1. The van der Waals surface area contributed by atoms with Gasteiger partial charge in [0.1, 0.15) is 0 Å². The minimum Gasteiger partial charge on any atom is -0.290 e. The Bertz CT molecular complexity index is 371. The van der Waals surface area contributed by atoms with Gasteiger partial charge in [0.25, 0.3) is 5.91 Å². The van der Waals surface area contributed by atoms with E-state index in [1.165, 1.54) is 12.0 Å². The maximum absolute atomic E-state index is 11.3. The number of hydrogen-bond acceptors (Lipinski definition) is 3. The maximum atomic E-state index is 11.3. The largest absolute Gasteiger partial charge is 0.290 e. The second-order valence-corrected chi connectivity index (χ2v) is 5.29. The average molecular weight is 303 g/mol. The summed E-state index contributed by atoms with van der Waals surface area (Å²) in [7, 11) is 0. The van der Waals surface area contributed by atoms with Gasteiger partial charge in [-0.15, -0.1) is 0 Å². The number of hydrazine groups is 1. The van der Waals surface area contributed by atoms with Crippen LogP contribution in [-0.2, 0) is 5.75 Å². The lowest BCUT2D eigenvalue weighted by Gasteiger charge is -2.06. The highest BCUT2D eigenvalue weighted by Crippen LogP contribution is 2.23. The Morgan fingerprint density at radius 1 is 1.56 bits per heavy atom. The first-order valence-corrected chi connectivity index (χ1v) is 7.01. The van der Waals surface area contributed by atoms with Crippen LogP contribution in [0.25, 0.3) is 0 Å². The highest BCUT2D eigenvalue weighted by molar-refractivity contribution is 9.10. The molecule has 0 aliphatic rings. The third-order valence-electron chi connectivity index (χ3n) is 2.05. The fraction of sp³-hybridized carbons (Fsp3) is 0.364. The number of carbonyl (C=O) groups is 1. The van der Waals surface area contributed by atoms with Crippen molar-refractivity contribution < 1.29 is 4.79 Å². The summed E-state index contributed by atoms with van der Waals surface area (Å²) >= 11 is 5.35. The molecule has 3 N–H and O–H groups in total. The third-order valence-corrected chi connectivity index (χ3v) is 4.00. The first kappa shape index (κ1) is 13.5. The van der Waals surface area contributed by atoms with Gasteiger partial charge < -0.3 is 0 Å². The lowest BCUT2D eigenvalue weighted by atomic mass is 10.1. The van der Waals surface area contributed by atoms with Crippen molar-refractivity contribution in [3.8, 4) is 0 Å². The summed E-state index contributed by atoms with van der Waals surface area (Å²) < 4.78 is 0.956. The monoisotopic (exact) mass is 302 g/mol. The molecule has 0 saturated carbocycles. The third kappa shape index (κ3) is 3.81. The highest BCUT2D eigenvalue weighted by atomic mass is 79.9. The summed E-state index contributed by atoms with van der Waals surface area (Å²) in [5.74, 6) is 6.91. The fourth-order valence-corrected chi connectivity index (χ4v) is 2.82. The Hall–Kier alpha value is -0.520. The van der Waals surface area contributed by atoms with Crippen LogP contribution in [0.2, 0.25) is 0 Å². The summed E-state index contributed by atoms with van der Waals surface area (Å²) in [6, 6.07) is 5.54. The van der Waals surface area contributed by atoms with Gasteiger partial charge in [-0.1, -0.05) is 28.9 Å². The molecule has 1 rings (SSSR count). The molecule has 0 radical (unpaired) electrons. The van der Waals surface area contributed by atoms with Crippen LogP contribution in [0.15, 0.2) is 22.7 Å². The zero-order chi connectivity index (χ0) is 12.0. The van der Waals surface area contributed by atoms with Crippen molar-refractivity contribution in [1.82, 2.24) is 5.43 Å². The van der Waals surface area contributed by atoms with E-state index in [-0.39, 0.29) is 5.91 Å². The molecule has 0 aliphatic heterocycles. The Labute approximate surface area is 108 Å². The van der Waals surface area contributed by atoms with E-state index in [1.54, 1.807) is 12.1 Å². The van der Waals surface area contributed by atoms with Gasteiger partial charge in [0.2, 0.25) is 0 Å². The number of benzene rings is 1. The lowest BCUT2D eigenvalue weighted by Crippen LogP contribution is -2.29. The number of hydrogen-bond donors (Lipinski definition) is 2. The van der Waals surface area contributed by atoms with Crippen molar-refractivity contribution in [2.45, 2.75) is 19.1 Å². The van der Waals surface area contributed by atoms with E-state index in [0.717, 1.165) is 16.0 Å². The molecular weight excluding hydrogens is 288 g/mol. The van der Waals surface area contributed by atoms with E-state index in [2.05, 4.69) is 28.3 Å². The first-order valence-electron chi connectivity index (χ1n) is 5.06. The number of rotatable bonds is 5. The minimum atomic E-state index is -0.270. The number of nitrogens with one attached hydrogen (secondary N) is 1. The molecule has 0 atom stereocenters. The Balaban J connectivity index is 2.71. The predicted octanol–water partition coefficient (Wildman–Crippen LogP) is 2.70. The Morgan fingerprint density at radius 3 is 2.88 bits per heavy atom. The van der Waals surface area contributed by atoms with Gasteiger partial charge in [-0.3, -0.25) is 10.2 Å². The van der Waals surface area contributed by atoms with E-state index in [0.29, 0.717) is 5.56 Å². The van der Waals surface area contributed by atoms with Crippen molar-refractivity contribution in [2.75, 3.05) is 5.75 Å². The number of nitrogen functional groups attached to an aromatic ring is 1. The van der Waals surface area contributed by atoms with Crippen LogP contribution in [0.1, 0.15) is 29.3 Å². The summed E-state index contributed by atoms with van der Waals surface area (Å²) in [5, 5.41) is 0. The number of amides is 1. The van der Waals surface area contributed by atoms with Gasteiger partial charge in [-0.05, 0) is 29.9 Å². The summed E-state index contributed by atoms with van der Waals surface area (Å²) in [6.07, 6.45) is 1.18. The molecule has 0 bridgehead atoms. The zero-order valence-electron chi connectivity index (χ0n) is 9.13. The van der Waals surface area contributed by atoms with Gasteiger partial charge in [0.15, 0.2) is 0 Å². The molecule has 88 valence electrons. The quantitative estimate of drug-likeness (QED) is 0.380. The summed E-state index contributed by atoms with van der Waals surface area (Å²) in [4.78, 5) is 11.3. The van der Waals surface area contributed by atoms with Crippen LogP contribution in [0.3, 0.4) is 0 Å². The van der Waals surface area contributed by atoms with E-state index >= 15 is 0 Å². The molecule has 0 spiro atoms. The summed E-state index contributed by atoms with van der Waals surface area (Å²) in [6.45, 7) is 2.16. The van der Waals surface area contributed by atoms with Gasteiger partial charge in [0, 0.05) is 15.8 Å². The standard InChI is InChI=1S/C11H15BrN2OS/c1-2-5-16-7-9-4-3-8(6-10(9)12)11(15)14-13/h3-4,6H,2,5,7,13H2,1H3,(H,14,15). The normalized spacial score (nSPS) is 10.2. The molecule has 16 heavy (non-hydrogen) atoms. The van der Waals surface area contributed by atoms with Crippen LogP contribution in [-0.4, -0.2) is 11.7 Å². The second-order valence-electron chi connectivity index (χ2n) is 3.33. The average Bonchev–Trinajstić information content (AvgIpc) is 2.30. The van der Waals surface area contributed by atoms with Crippen LogP contribution in [0.5, 0.6) is 0 Å². The van der Waals surface area contributed by atoms with Gasteiger partial charge >= 0.3 is 0 Å². The predicted molar refractivity (Wildman–Crippen MR) is 72.2 cm³/mol. The van der Waals surface area contributed by atoms with Crippen LogP contribution >= 0.6 is 27.7 Å². The van der Waals surface area contributed by atoms with Crippen molar-refractivity contribution in [3.63, 3.8) is 0 Å². The molecule has 0 aliphatic carbocycles. The molecule has 1 amide bonds. The van der Waals surface area contributed by atoms with E-state index in [4.69, 9.17) is 5.84 Å². The maximum Gasteiger partial charge on any atom is 0.265 e. The highest BCUT2D eigenvalue weighted by Gasteiger charge is 2.06. The van der Waals surface area contributed by atoms with Crippen LogP contribution < -0.4 is 11.3 Å². The minimum absolute atomic E-state index is 0.270. The molecule has 5 heteroatoms. The SMILES string of the molecule is CCCSCc1ccc(C(=O)NN)cc1Br. The molecule has 3 nitrogen and oxygen atoms in total. The molecule has 1 aromatic rings. The molecule has 0 aromatic heterocycles. The van der Waals surface area contributed by atoms with E-state index in [1.807, 2.05) is 17.8 Å². The summed E-state index contributed by atoms with van der Waals surface area (Å²) in [5.41, 5.74) is 3.88. The van der Waals surface area contributed by atoms with Gasteiger partial charge in [0.05, 0.1) is 0 Å². The van der Waals surface area contributed by atoms with Crippen molar-refractivity contribution >= 4 is 33.6 Å².